The van der Waals surface area contributed by atoms with Gasteiger partial charge in [0.05, 0.1) is 31.1 Å². The van der Waals surface area contributed by atoms with Gasteiger partial charge in [-0.3, -0.25) is 14.7 Å². The number of hydrogen-bond acceptors (Lipinski definition) is 5. The standard InChI is InChI=1S/C19H24N4O2/c1-14-3-5-16(6-4-14)18(13-23-7-9-25-10-8-23)22-19(24)17-12-20-15(2)11-21-17/h3-6,11-12,18H,7-10,13H2,1-2H3,(H,22,24). The highest BCUT2D eigenvalue weighted by Gasteiger charge is 2.21. The molecule has 0 spiro atoms. The Morgan fingerprint density at radius 1 is 1.16 bits per heavy atom. The van der Waals surface area contributed by atoms with Crippen LogP contribution in [0, 0.1) is 13.8 Å². The number of hydrogen-bond donors (Lipinski definition) is 1. The summed E-state index contributed by atoms with van der Waals surface area (Å²) in [6.45, 7) is 7.88. The molecule has 1 saturated heterocycles. The molecule has 3 rings (SSSR count). The predicted octanol–water partition coefficient (Wildman–Crippen LogP) is 1.90. The van der Waals surface area contributed by atoms with Gasteiger partial charge in [0.15, 0.2) is 0 Å². The molecule has 0 aliphatic carbocycles. The van der Waals surface area contributed by atoms with E-state index in [1.807, 2.05) is 6.92 Å². The lowest BCUT2D eigenvalue weighted by atomic mass is 10.0. The number of carbonyl (C=O) groups excluding carboxylic acids is 1. The number of aryl methyl sites for hydroxylation is 2. The van der Waals surface area contributed by atoms with Crippen LogP contribution in [0.4, 0.5) is 0 Å². The smallest absolute Gasteiger partial charge is 0.272 e. The van der Waals surface area contributed by atoms with E-state index in [4.69, 9.17) is 4.74 Å². The molecule has 1 N–H and O–H groups in total. The second-order valence-electron chi connectivity index (χ2n) is 6.39. The Labute approximate surface area is 148 Å². The van der Waals surface area contributed by atoms with Crippen LogP contribution in [0.25, 0.3) is 0 Å². The summed E-state index contributed by atoms with van der Waals surface area (Å²) in [5, 5.41) is 3.11. The Morgan fingerprint density at radius 3 is 2.52 bits per heavy atom. The number of nitrogens with zero attached hydrogens (tertiary/aromatic N) is 3. The molecule has 2 aromatic rings. The van der Waals surface area contributed by atoms with Crippen molar-refractivity contribution in [2.24, 2.45) is 0 Å². The number of nitrogens with one attached hydrogen (secondary N) is 1. The molecule has 132 valence electrons. The van der Waals surface area contributed by atoms with E-state index in [9.17, 15) is 4.79 Å². The SMILES string of the molecule is Cc1ccc(C(CN2CCOCC2)NC(=O)c2cnc(C)cn2)cc1. The van der Waals surface area contributed by atoms with E-state index in [0.29, 0.717) is 5.69 Å². The van der Waals surface area contributed by atoms with Crippen LogP contribution in [-0.2, 0) is 4.74 Å². The maximum atomic E-state index is 12.6. The number of aromatic nitrogens is 2. The quantitative estimate of drug-likeness (QED) is 0.900. The normalized spacial score (nSPS) is 16.4. The van der Waals surface area contributed by atoms with E-state index in [1.165, 1.54) is 11.8 Å². The van der Waals surface area contributed by atoms with Gasteiger partial charge >= 0.3 is 0 Å². The van der Waals surface area contributed by atoms with Crippen molar-refractivity contribution in [3.05, 3.63) is 59.2 Å². The third-order valence-corrected chi connectivity index (χ3v) is 4.34. The summed E-state index contributed by atoms with van der Waals surface area (Å²) in [7, 11) is 0. The van der Waals surface area contributed by atoms with Crippen LogP contribution in [0.15, 0.2) is 36.7 Å². The Bertz CT molecular complexity index is 694. The Hall–Kier alpha value is -2.31. The molecule has 0 bridgehead atoms. The number of ether oxygens (including phenoxy) is 1. The zero-order chi connectivity index (χ0) is 17.6. The minimum absolute atomic E-state index is 0.102. The van der Waals surface area contributed by atoms with Crippen molar-refractivity contribution in [1.29, 1.82) is 0 Å². The number of benzene rings is 1. The third kappa shape index (κ3) is 4.84. The van der Waals surface area contributed by atoms with Gasteiger partial charge in [-0.1, -0.05) is 29.8 Å². The average molecular weight is 340 g/mol. The van der Waals surface area contributed by atoms with E-state index in [1.54, 1.807) is 6.20 Å². The summed E-state index contributed by atoms with van der Waals surface area (Å²) < 4.78 is 5.42. The molecule has 1 unspecified atom stereocenters. The van der Waals surface area contributed by atoms with Crippen molar-refractivity contribution in [2.45, 2.75) is 19.9 Å². The van der Waals surface area contributed by atoms with E-state index in [2.05, 4.69) is 51.4 Å². The lowest BCUT2D eigenvalue weighted by molar-refractivity contribution is 0.0332. The van der Waals surface area contributed by atoms with E-state index in [-0.39, 0.29) is 11.9 Å². The molecule has 0 radical (unpaired) electrons. The molecule has 1 aromatic heterocycles. The highest BCUT2D eigenvalue weighted by Crippen LogP contribution is 2.17. The summed E-state index contributed by atoms with van der Waals surface area (Å²) in [5.74, 6) is -0.202. The van der Waals surface area contributed by atoms with Gasteiger partial charge in [-0.2, -0.15) is 0 Å². The minimum atomic E-state index is -0.202. The fourth-order valence-corrected chi connectivity index (χ4v) is 2.82. The molecular weight excluding hydrogens is 316 g/mol. The Morgan fingerprint density at radius 2 is 1.88 bits per heavy atom. The van der Waals surface area contributed by atoms with Crippen molar-refractivity contribution in [2.75, 3.05) is 32.8 Å². The first-order chi connectivity index (χ1) is 12.1. The fourth-order valence-electron chi connectivity index (χ4n) is 2.82. The molecule has 2 heterocycles. The molecule has 0 saturated carbocycles. The lowest BCUT2D eigenvalue weighted by Gasteiger charge is -2.31. The number of carbonyl (C=O) groups is 1. The molecule has 6 heteroatoms. The van der Waals surface area contributed by atoms with Gasteiger partial charge in [0, 0.05) is 25.8 Å². The van der Waals surface area contributed by atoms with Gasteiger partial charge in [0.2, 0.25) is 0 Å². The molecule has 1 aliphatic rings. The molecule has 1 fully saturated rings. The van der Waals surface area contributed by atoms with Gasteiger partial charge in [-0.05, 0) is 19.4 Å². The third-order valence-electron chi connectivity index (χ3n) is 4.34. The van der Waals surface area contributed by atoms with E-state index in [0.717, 1.165) is 44.1 Å². The Balaban J connectivity index is 1.76. The van der Waals surface area contributed by atoms with Gasteiger partial charge in [0.1, 0.15) is 5.69 Å². The molecule has 25 heavy (non-hydrogen) atoms. The maximum Gasteiger partial charge on any atom is 0.272 e. The van der Waals surface area contributed by atoms with Crippen molar-refractivity contribution >= 4 is 5.91 Å². The van der Waals surface area contributed by atoms with Gasteiger partial charge in [-0.15, -0.1) is 0 Å². The molecule has 6 nitrogen and oxygen atoms in total. The summed E-state index contributed by atoms with van der Waals surface area (Å²) in [6.07, 6.45) is 3.13. The van der Waals surface area contributed by atoms with Gasteiger partial charge in [-0.25, -0.2) is 4.98 Å². The van der Waals surface area contributed by atoms with Crippen molar-refractivity contribution in [1.82, 2.24) is 20.2 Å². The largest absolute Gasteiger partial charge is 0.379 e. The molecule has 1 atom stereocenters. The molecule has 1 amide bonds. The minimum Gasteiger partial charge on any atom is -0.379 e. The van der Waals surface area contributed by atoms with Crippen LogP contribution in [0.3, 0.4) is 0 Å². The van der Waals surface area contributed by atoms with Crippen molar-refractivity contribution in [3.63, 3.8) is 0 Å². The highest BCUT2D eigenvalue weighted by atomic mass is 16.5. The highest BCUT2D eigenvalue weighted by molar-refractivity contribution is 5.92. The predicted molar refractivity (Wildman–Crippen MR) is 95.4 cm³/mol. The second kappa shape index (κ2) is 8.18. The second-order valence-corrected chi connectivity index (χ2v) is 6.39. The van der Waals surface area contributed by atoms with Crippen molar-refractivity contribution in [3.8, 4) is 0 Å². The fraction of sp³-hybridized carbons (Fsp3) is 0.421. The van der Waals surface area contributed by atoms with Crippen LogP contribution in [0.5, 0.6) is 0 Å². The number of morpholine rings is 1. The Kier molecular flexibility index (Phi) is 5.73. The van der Waals surface area contributed by atoms with Crippen molar-refractivity contribution < 1.29 is 9.53 Å². The first kappa shape index (κ1) is 17.5. The summed E-state index contributed by atoms with van der Waals surface area (Å²) in [5.41, 5.74) is 3.42. The van der Waals surface area contributed by atoms with E-state index >= 15 is 0 Å². The molecular formula is C19H24N4O2. The monoisotopic (exact) mass is 340 g/mol. The van der Waals surface area contributed by atoms with Gasteiger partial charge < -0.3 is 10.1 Å². The molecule has 1 aliphatic heterocycles. The number of rotatable bonds is 5. The van der Waals surface area contributed by atoms with E-state index < -0.39 is 0 Å². The first-order valence-corrected chi connectivity index (χ1v) is 8.58. The van der Waals surface area contributed by atoms with Crippen LogP contribution in [0.1, 0.15) is 33.4 Å². The van der Waals surface area contributed by atoms with Crippen LogP contribution in [0.2, 0.25) is 0 Å². The summed E-state index contributed by atoms with van der Waals surface area (Å²) in [6, 6.07) is 8.18. The zero-order valence-corrected chi connectivity index (χ0v) is 14.7. The lowest BCUT2D eigenvalue weighted by Crippen LogP contribution is -2.43. The summed E-state index contributed by atoms with van der Waals surface area (Å²) in [4.78, 5) is 23.2. The topological polar surface area (TPSA) is 67.3 Å². The average Bonchev–Trinajstić information content (AvgIpc) is 2.63. The van der Waals surface area contributed by atoms with Gasteiger partial charge in [0.25, 0.3) is 5.91 Å². The first-order valence-electron chi connectivity index (χ1n) is 8.58. The maximum absolute atomic E-state index is 12.6. The van der Waals surface area contributed by atoms with Crippen LogP contribution in [-0.4, -0.2) is 53.6 Å². The zero-order valence-electron chi connectivity index (χ0n) is 14.7. The summed E-state index contributed by atoms with van der Waals surface area (Å²) >= 11 is 0. The van der Waals surface area contributed by atoms with Crippen LogP contribution < -0.4 is 5.32 Å². The van der Waals surface area contributed by atoms with Crippen LogP contribution >= 0.6 is 0 Å². The molecule has 1 aromatic carbocycles. The number of amides is 1.